The second-order valence-electron chi connectivity index (χ2n) is 7.91. The Bertz CT molecular complexity index is 882. The Kier molecular flexibility index (Phi) is 7.90. The molecule has 2 atom stereocenters. The minimum absolute atomic E-state index is 0.0308. The van der Waals surface area contributed by atoms with Crippen molar-refractivity contribution in [2.75, 3.05) is 11.1 Å². The summed E-state index contributed by atoms with van der Waals surface area (Å²) in [6, 6.07) is 7.94. The highest BCUT2D eigenvalue weighted by Gasteiger charge is 2.23. The molecule has 30 heavy (non-hydrogen) atoms. The van der Waals surface area contributed by atoms with Gasteiger partial charge in [0.15, 0.2) is 5.16 Å². The third-order valence-corrected chi connectivity index (χ3v) is 6.60. The lowest BCUT2D eigenvalue weighted by atomic mass is 9.86. The number of carbonyl (C=O) groups excluding carboxylic acids is 2. The Balaban J connectivity index is 1.55. The van der Waals surface area contributed by atoms with E-state index in [1.807, 2.05) is 42.7 Å². The summed E-state index contributed by atoms with van der Waals surface area (Å²) < 4.78 is 1.90. The molecule has 1 aromatic carbocycles. The van der Waals surface area contributed by atoms with Crippen molar-refractivity contribution in [1.82, 2.24) is 20.1 Å². The molecule has 0 spiro atoms. The number of aryl methyl sites for hydroxylation is 1. The molecule has 2 amide bonds. The van der Waals surface area contributed by atoms with Crippen LogP contribution >= 0.6 is 11.8 Å². The van der Waals surface area contributed by atoms with E-state index in [4.69, 9.17) is 0 Å². The van der Waals surface area contributed by atoms with E-state index in [9.17, 15) is 9.59 Å². The van der Waals surface area contributed by atoms with E-state index in [0.717, 1.165) is 17.7 Å². The van der Waals surface area contributed by atoms with Gasteiger partial charge < -0.3 is 15.2 Å². The van der Waals surface area contributed by atoms with Gasteiger partial charge in [0.1, 0.15) is 5.82 Å². The van der Waals surface area contributed by atoms with Gasteiger partial charge in [0.25, 0.3) is 0 Å². The van der Waals surface area contributed by atoms with E-state index in [1.54, 1.807) is 0 Å². The van der Waals surface area contributed by atoms with Gasteiger partial charge in [0.2, 0.25) is 11.8 Å². The van der Waals surface area contributed by atoms with Crippen LogP contribution in [0.3, 0.4) is 0 Å². The van der Waals surface area contributed by atoms with Crippen LogP contribution in [0.25, 0.3) is 0 Å². The van der Waals surface area contributed by atoms with Crippen molar-refractivity contribution >= 4 is 29.3 Å². The molecule has 3 rings (SSSR count). The number of carbonyl (C=O) groups is 2. The zero-order valence-corrected chi connectivity index (χ0v) is 18.8. The molecule has 0 radical (unpaired) electrons. The molecule has 162 valence electrons. The summed E-state index contributed by atoms with van der Waals surface area (Å²) in [4.78, 5) is 24.9. The smallest absolute Gasteiger partial charge is 0.232 e. The van der Waals surface area contributed by atoms with E-state index in [1.165, 1.54) is 31.0 Å². The Hall–Kier alpha value is -2.35. The maximum atomic E-state index is 12.5. The maximum Gasteiger partial charge on any atom is 0.232 e. The fourth-order valence-corrected chi connectivity index (χ4v) is 4.67. The second kappa shape index (κ2) is 10.6. The van der Waals surface area contributed by atoms with Crippen LogP contribution in [0.2, 0.25) is 0 Å². The lowest BCUT2D eigenvalue weighted by Crippen LogP contribution is -2.41. The number of amides is 2. The summed E-state index contributed by atoms with van der Waals surface area (Å²) in [5.74, 6) is 1.34. The Morgan fingerprint density at radius 3 is 2.67 bits per heavy atom. The van der Waals surface area contributed by atoms with Crippen LogP contribution in [-0.4, -0.2) is 38.4 Å². The summed E-state index contributed by atoms with van der Waals surface area (Å²) in [5.41, 5.74) is 1.81. The predicted molar refractivity (Wildman–Crippen MR) is 119 cm³/mol. The monoisotopic (exact) mass is 429 g/mol. The zero-order valence-electron chi connectivity index (χ0n) is 18.0. The first-order chi connectivity index (χ1) is 14.5. The predicted octanol–water partition coefficient (Wildman–Crippen LogP) is 3.57. The molecule has 1 fully saturated rings. The Labute approximate surface area is 182 Å². The molecule has 0 saturated heterocycles. The number of benzene rings is 1. The average Bonchev–Trinajstić information content (AvgIpc) is 3.11. The summed E-state index contributed by atoms with van der Waals surface area (Å²) in [7, 11) is 0. The van der Waals surface area contributed by atoms with E-state index >= 15 is 0 Å². The lowest BCUT2D eigenvalue weighted by molar-refractivity contribution is -0.120. The number of para-hydroxylation sites is 1. The minimum atomic E-state index is -0.132. The van der Waals surface area contributed by atoms with Gasteiger partial charge in [-0.15, -0.1) is 10.2 Å². The molecule has 1 aliphatic rings. The quantitative estimate of drug-likeness (QED) is 0.626. The highest BCUT2D eigenvalue weighted by molar-refractivity contribution is 7.99. The van der Waals surface area contributed by atoms with Crippen LogP contribution < -0.4 is 10.6 Å². The molecule has 1 saturated carbocycles. The van der Waals surface area contributed by atoms with Gasteiger partial charge in [-0.2, -0.15) is 0 Å². The molecule has 8 heteroatoms. The van der Waals surface area contributed by atoms with Crippen molar-refractivity contribution in [2.45, 2.75) is 70.6 Å². The number of aromatic nitrogens is 3. The van der Waals surface area contributed by atoms with E-state index < -0.39 is 0 Å². The fourth-order valence-electron chi connectivity index (χ4n) is 3.83. The lowest BCUT2D eigenvalue weighted by Gasteiger charge is -2.29. The first-order valence-electron chi connectivity index (χ1n) is 10.7. The molecule has 2 unspecified atom stereocenters. The number of rotatable bonds is 8. The molecular formula is C22H31N5O2S. The molecule has 0 bridgehead atoms. The summed E-state index contributed by atoms with van der Waals surface area (Å²) in [6.45, 7) is 6.79. The average molecular weight is 430 g/mol. The minimum Gasteiger partial charge on any atom is -0.352 e. The van der Waals surface area contributed by atoms with Crippen molar-refractivity contribution in [3.63, 3.8) is 0 Å². The van der Waals surface area contributed by atoms with Gasteiger partial charge >= 0.3 is 0 Å². The molecular weight excluding hydrogens is 398 g/mol. The third kappa shape index (κ3) is 5.84. The number of nitrogens with zero attached hydrogens (tertiary/aromatic N) is 3. The third-order valence-electron chi connectivity index (χ3n) is 5.64. The molecule has 1 aliphatic carbocycles. The summed E-state index contributed by atoms with van der Waals surface area (Å²) >= 11 is 1.37. The molecule has 0 aliphatic heterocycles. The number of anilines is 1. The van der Waals surface area contributed by atoms with Gasteiger partial charge in [-0.3, -0.25) is 9.59 Å². The Morgan fingerprint density at radius 1 is 1.17 bits per heavy atom. The highest BCUT2D eigenvalue weighted by Crippen LogP contribution is 2.24. The first kappa shape index (κ1) is 22.3. The summed E-state index contributed by atoms with van der Waals surface area (Å²) in [6.07, 6.45) is 4.81. The van der Waals surface area contributed by atoms with E-state index in [-0.39, 0.29) is 24.3 Å². The van der Waals surface area contributed by atoms with Gasteiger partial charge in [0, 0.05) is 18.3 Å². The topological polar surface area (TPSA) is 88.9 Å². The van der Waals surface area contributed by atoms with E-state index in [0.29, 0.717) is 29.2 Å². The van der Waals surface area contributed by atoms with Crippen molar-refractivity contribution in [1.29, 1.82) is 0 Å². The van der Waals surface area contributed by atoms with Crippen LogP contribution in [0.15, 0.2) is 29.4 Å². The van der Waals surface area contributed by atoms with Crippen LogP contribution in [-0.2, 0) is 22.6 Å². The van der Waals surface area contributed by atoms with Crippen molar-refractivity contribution < 1.29 is 9.59 Å². The number of hydrogen-bond donors (Lipinski definition) is 2. The number of hydrogen-bond acceptors (Lipinski definition) is 5. The SMILES string of the molecule is CCn1c(CC(=O)Nc2ccccc2C)nnc1SCC(=O)NC1CCCCC1C. The van der Waals surface area contributed by atoms with Crippen LogP contribution in [0.1, 0.15) is 50.9 Å². The van der Waals surface area contributed by atoms with Gasteiger partial charge in [-0.25, -0.2) is 0 Å². The van der Waals surface area contributed by atoms with Crippen molar-refractivity contribution in [2.24, 2.45) is 5.92 Å². The van der Waals surface area contributed by atoms with Crippen molar-refractivity contribution in [3.05, 3.63) is 35.7 Å². The first-order valence-corrected chi connectivity index (χ1v) is 11.7. The normalized spacial score (nSPS) is 18.8. The maximum absolute atomic E-state index is 12.5. The number of thioether (sulfide) groups is 1. The van der Waals surface area contributed by atoms with Crippen LogP contribution in [0.5, 0.6) is 0 Å². The fraction of sp³-hybridized carbons (Fsp3) is 0.545. The molecule has 7 nitrogen and oxygen atoms in total. The molecule has 2 N–H and O–H groups in total. The number of nitrogens with one attached hydrogen (secondary N) is 2. The highest BCUT2D eigenvalue weighted by atomic mass is 32.2. The van der Waals surface area contributed by atoms with Gasteiger partial charge in [-0.05, 0) is 44.2 Å². The summed E-state index contributed by atoms with van der Waals surface area (Å²) in [5, 5.41) is 15.2. The van der Waals surface area contributed by atoms with Gasteiger partial charge in [-0.1, -0.05) is 49.7 Å². The largest absolute Gasteiger partial charge is 0.352 e. The van der Waals surface area contributed by atoms with Crippen LogP contribution in [0, 0.1) is 12.8 Å². The Morgan fingerprint density at radius 2 is 1.93 bits per heavy atom. The van der Waals surface area contributed by atoms with Crippen LogP contribution in [0.4, 0.5) is 5.69 Å². The standard InChI is InChI=1S/C22H31N5O2S/c1-4-27-19(13-20(28)23-17-11-7-5-9-15(17)2)25-26-22(27)30-14-21(29)24-18-12-8-6-10-16(18)3/h5,7,9,11,16,18H,4,6,8,10,12-14H2,1-3H3,(H,23,28)(H,24,29). The molecule has 1 aromatic heterocycles. The molecule has 1 heterocycles. The van der Waals surface area contributed by atoms with E-state index in [2.05, 4.69) is 27.8 Å². The van der Waals surface area contributed by atoms with Crippen molar-refractivity contribution in [3.8, 4) is 0 Å². The zero-order chi connectivity index (χ0) is 21.5. The molecule has 2 aromatic rings. The van der Waals surface area contributed by atoms with Gasteiger partial charge in [0.05, 0.1) is 12.2 Å². The second-order valence-corrected chi connectivity index (χ2v) is 8.85.